The van der Waals surface area contributed by atoms with Crippen LogP contribution in [0, 0.1) is 11.8 Å². The molecular weight excluding hydrogens is 216 g/mol. The van der Waals surface area contributed by atoms with Gasteiger partial charge in [0.1, 0.15) is 0 Å². The van der Waals surface area contributed by atoms with E-state index in [0.717, 1.165) is 5.56 Å². The molecule has 0 saturated heterocycles. The molecule has 0 fully saturated rings. The summed E-state index contributed by atoms with van der Waals surface area (Å²) < 4.78 is 5.60. The lowest BCUT2D eigenvalue weighted by molar-refractivity contribution is 0.00299. The highest BCUT2D eigenvalue weighted by Crippen LogP contribution is 2.16. The minimum atomic E-state index is -0.662. The minimum absolute atomic E-state index is 0.0378. The van der Waals surface area contributed by atoms with Crippen LogP contribution in [0.4, 0.5) is 0 Å². The van der Waals surface area contributed by atoms with Gasteiger partial charge < -0.3 is 14.9 Å². The molecule has 1 rings (SSSR count). The van der Waals surface area contributed by atoms with Gasteiger partial charge in [-0.2, -0.15) is 0 Å². The Bertz CT molecular complexity index is 300. The Kier molecular flexibility index (Phi) is 6.19. The highest BCUT2D eigenvalue weighted by Gasteiger charge is 2.20. The van der Waals surface area contributed by atoms with E-state index in [0.29, 0.717) is 13.2 Å². The molecule has 3 atom stereocenters. The van der Waals surface area contributed by atoms with Crippen molar-refractivity contribution in [3.63, 3.8) is 0 Å². The summed E-state index contributed by atoms with van der Waals surface area (Å²) in [5.41, 5.74) is 1.15. The summed E-state index contributed by atoms with van der Waals surface area (Å²) in [6.45, 7) is 4.94. The van der Waals surface area contributed by atoms with Gasteiger partial charge in [-0.25, -0.2) is 0 Å². The van der Waals surface area contributed by atoms with E-state index >= 15 is 0 Å². The van der Waals surface area contributed by atoms with Crippen LogP contribution in [0.2, 0.25) is 0 Å². The molecule has 0 heterocycles. The second-order valence-corrected chi connectivity index (χ2v) is 4.59. The summed E-state index contributed by atoms with van der Waals surface area (Å²) in [6, 6.07) is 10.00. The molecule has 2 N–H and O–H groups in total. The van der Waals surface area contributed by atoms with Crippen LogP contribution in [0.1, 0.15) is 19.4 Å². The number of aliphatic hydroxyl groups is 2. The summed E-state index contributed by atoms with van der Waals surface area (Å²) >= 11 is 0. The Morgan fingerprint density at radius 1 is 1.18 bits per heavy atom. The maximum absolute atomic E-state index is 9.51. The molecule has 17 heavy (non-hydrogen) atoms. The van der Waals surface area contributed by atoms with Crippen LogP contribution in [0.15, 0.2) is 30.3 Å². The first-order valence-electron chi connectivity index (χ1n) is 6.05. The first-order chi connectivity index (χ1) is 8.15. The molecule has 0 unspecified atom stereocenters. The van der Waals surface area contributed by atoms with Gasteiger partial charge in [0.15, 0.2) is 0 Å². The number of rotatable bonds is 7. The van der Waals surface area contributed by atoms with Crippen molar-refractivity contribution in [3.8, 4) is 0 Å². The van der Waals surface area contributed by atoms with E-state index in [-0.39, 0.29) is 18.4 Å². The van der Waals surface area contributed by atoms with Gasteiger partial charge in [-0.1, -0.05) is 44.2 Å². The summed E-state index contributed by atoms with van der Waals surface area (Å²) in [5.74, 6) is 0.261. The van der Waals surface area contributed by atoms with Gasteiger partial charge in [-0.05, 0) is 17.4 Å². The van der Waals surface area contributed by atoms with Crippen LogP contribution in [-0.4, -0.2) is 29.5 Å². The van der Waals surface area contributed by atoms with Crippen LogP contribution >= 0.6 is 0 Å². The Morgan fingerprint density at radius 2 is 1.82 bits per heavy atom. The molecule has 0 aliphatic rings. The second kappa shape index (κ2) is 7.43. The van der Waals surface area contributed by atoms with E-state index < -0.39 is 6.10 Å². The molecule has 0 amide bonds. The smallest absolute Gasteiger partial charge is 0.0799 e. The molecule has 0 bridgehead atoms. The molecule has 0 saturated carbocycles. The van der Waals surface area contributed by atoms with E-state index in [9.17, 15) is 5.11 Å². The average Bonchev–Trinajstić information content (AvgIpc) is 2.38. The Labute approximate surface area is 103 Å². The van der Waals surface area contributed by atoms with Crippen molar-refractivity contribution >= 4 is 0 Å². The second-order valence-electron chi connectivity index (χ2n) is 4.59. The monoisotopic (exact) mass is 238 g/mol. The molecule has 3 heteroatoms. The number of hydrogen-bond acceptors (Lipinski definition) is 3. The van der Waals surface area contributed by atoms with Crippen molar-refractivity contribution in [1.82, 2.24) is 0 Å². The van der Waals surface area contributed by atoms with Crippen molar-refractivity contribution in [1.29, 1.82) is 0 Å². The maximum atomic E-state index is 9.51. The standard InChI is InChI=1S/C14H22O3/c1-11(12(2)14(16)8-15)9-17-10-13-6-4-3-5-7-13/h3-7,11-12,14-16H,8-10H2,1-2H3/t11-,12+,14-/m1/s1. The fraction of sp³-hybridized carbons (Fsp3) is 0.571. The van der Waals surface area contributed by atoms with Gasteiger partial charge in [0.05, 0.1) is 19.3 Å². The van der Waals surface area contributed by atoms with Crippen molar-refractivity contribution < 1.29 is 14.9 Å². The van der Waals surface area contributed by atoms with Crippen molar-refractivity contribution in [2.75, 3.05) is 13.2 Å². The Morgan fingerprint density at radius 3 is 2.41 bits per heavy atom. The lowest BCUT2D eigenvalue weighted by atomic mass is 9.92. The first-order valence-corrected chi connectivity index (χ1v) is 6.05. The molecule has 0 aliphatic heterocycles. The van der Waals surface area contributed by atoms with Gasteiger partial charge in [-0.15, -0.1) is 0 Å². The predicted octanol–water partition coefficient (Wildman–Crippen LogP) is 1.83. The predicted molar refractivity (Wildman–Crippen MR) is 67.5 cm³/mol. The van der Waals surface area contributed by atoms with Gasteiger partial charge in [0, 0.05) is 6.61 Å². The third-order valence-corrected chi connectivity index (χ3v) is 3.18. The number of benzene rings is 1. The van der Waals surface area contributed by atoms with Crippen LogP contribution in [0.3, 0.4) is 0 Å². The van der Waals surface area contributed by atoms with Crippen LogP contribution in [-0.2, 0) is 11.3 Å². The zero-order valence-electron chi connectivity index (χ0n) is 10.5. The summed E-state index contributed by atoms with van der Waals surface area (Å²) in [7, 11) is 0. The molecule has 0 aromatic heterocycles. The topological polar surface area (TPSA) is 49.7 Å². The molecule has 1 aromatic rings. The van der Waals surface area contributed by atoms with Crippen LogP contribution in [0.5, 0.6) is 0 Å². The number of hydrogen-bond donors (Lipinski definition) is 2. The molecule has 0 spiro atoms. The van der Waals surface area contributed by atoms with Crippen molar-refractivity contribution in [2.24, 2.45) is 11.8 Å². The summed E-state index contributed by atoms with van der Waals surface area (Å²) in [4.78, 5) is 0. The van der Waals surface area contributed by atoms with E-state index in [1.54, 1.807) is 0 Å². The van der Waals surface area contributed by atoms with E-state index in [1.807, 2.05) is 44.2 Å². The van der Waals surface area contributed by atoms with Gasteiger partial charge in [0.2, 0.25) is 0 Å². The SMILES string of the molecule is C[C@@H]([C@H](C)COCc1ccccc1)[C@H](O)CO. The third kappa shape index (κ3) is 4.86. The van der Waals surface area contributed by atoms with Crippen LogP contribution < -0.4 is 0 Å². The quantitative estimate of drug-likeness (QED) is 0.762. The highest BCUT2D eigenvalue weighted by molar-refractivity contribution is 5.13. The molecule has 96 valence electrons. The average molecular weight is 238 g/mol. The fourth-order valence-electron chi connectivity index (χ4n) is 1.63. The normalized spacial score (nSPS) is 16.5. The van der Waals surface area contributed by atoms with E-state index in [4.69, 9.17) is 9.84 Å². The summed E-state index contributed by atoms with van der Waals surface area (Å²) in [5, 5.41) is 18.4. The molecule has 3 nitrogen and oxygen atoms in total. The molecule has 0 radical (unpaired) electrons. The largest absolute Gasteiger partial charge is 0.394 e. The fourth-order valence-corrected chi connectivity index (χ4v) is 1.63. The molecule has 0 aliphatic carbocycles. The minimum Gasteiger partial charge on any atom is -0.394 e. The van der Waals surface area contributed by atoms with Crippen molar-refractivity contribution in [2.45, 2.75) is 26.6 Å². The highest BCUT2D eigenvalue weighted by atomic mass is 16.5. The Balaban J connectivity index is 2.27. The Hall–Kier alpha value is -0.900. The lowest BCUT2D eigenvalue weighted by Gasteiger charge is -2.23. The first kappa shape index (κ1) is 14.2. The zero-order valence-corrected chi connectivity index (χ0v) is 10.5. The maximum Gasteiger partial charge on any atom is 0.0799 e. The third-order valence-electron chi connectivity index (χ3n) is 3.18. The molecular formula is C14H22O3. The zero-order chi connectivity index (χ0) is 12.7. The molecule has 1 aromatic carbocycles. The van der Waals surface area contributed by atoms with Gasteiger partial charge in [0.25, 0.3) is 0 Å². The van der Waals surface area contributed by atoms with Crippen molar-refractivity contribution in [3.05, 3.63) is 35.9 Å². The van der Waals surface area contributed by atoms with Crippen LogP contribution in [0.25, 0.3) is 0 Å². The number of aliphatic hydroxyl groups excluding tert-OH is 2. The summed E-state index contributed by atoms with van der Waals surface area (Å²) in [6.07, 6.45) is -0.662. The van der Waals surface area contributed by atoms with Gasteiger partial charge in [-0.3, -0.25) is 0 Å². The van der Waals surface area contributed by atoms with E-state index in [1.165, 1.54) is 0 Å². The van der Waals surface area contributed by atoms with Gasteiger partial charge >= 0.3 is 0 Å². The lowest BCUT2D eigenvalue weighted by Crippen LogP contribution is -2.29. The van der Waals surface area contributed by atoms with E-state index in [2.05, 4.69) is 0 Å². The number of ether oxygens (including phenoxy) is 1.